The summed E-state index contributed by atoms with van der Waals surface area (Å²) in [6.45, 7) is 0.0674. The highest BCUT2D eigenvalue weighted by Gasteiger charge is 2.11. The highest BCUT2D eigenvalue weighted by Crippen LogP contribution is 2.37. The van der Waals surface area contributed by atoms with Gasteiger partial charge in [-0.05, 0) is 24.3 Å². The van der Waals surface area contributed by atoms with Gasteiger partial charge in [0.2, 0.25) is 5.75 Å². The van der Waals surface area contributed by atoms with Crippen LogP contribution < -0.4 is 14.2 Å². The molecule has 0 spiro atoms. The van der Waals surface area contributed by atoms with Gasteiger partial charge in [0.1, 0.15) is 0 Å². The van der Waals surface area contributed by atoms with Crippen molar-refractivity contribution in [1.29, 1.82) is 0 Å². The second-order valence-corrected chi connectivity index (χ2v) is 3.81. The molecule has 0 saturated carbocycles. The third-order valence-corrected chi connectivity index (χ3v) is 2.47. The van der Waals surface area contributed by atoms with Crippen LogP contribution in [-0.4, -0.2) is 33.0 Å². The molecule has 110 valence electrons. The summed E-state index contributed by atoms with van der Waals surface area (Å²) in [6, 6.07) is 3.55. The number of benzene rings is 1. The summed E-state index contributed by atoms with van der Waals surface area (Å²) in [5.74, 6) is 13.0. The molecule has 1 N–H and O–H groups in total. The first-order valence-electron chi connectivity index (χ1n) is 6.32. The minimum Gasteiger partial charge on any atom is -0.493 e. The lowest BCUT2D eigenvalue weighted by Gasteiger charge is -2.12. The molecule has 0 bridgehead atoms. The number of aliphatic hydroxyl groups is 1. The second kappa shape index (κ2) is 9.36. The highest BCUT2D eigenvalue weighted by atomic mass is 16.5. The third-order valence-electron chi connectivity index (χ3n) is 2.47. The van der Waals surface area contributed by atoms with Crippen molar-refractivity contribution in [3.8, 4) is 40.9 Å². The first kappa shape index (κ1) is 16.5. The summed E-state index contributed by atoms with van der Waals surface area (Å²) >= 11 is 0. The Morgan fingerprint density at radius 1 is 1.00 bits per heavy atom. The highest BCUT2D eigenvalue weighted by molar-refractivity contribution is 5.57. The summed E-state index contributed by atoms with van der Waals surface area (Å²) in [4.78, 5) is 0. The fourth-order valence-electron chi connectivity index (χ4n) is 1.55. The van der Waals surface area contributed by atoms with E-state index in [2.05, 4.69) is 23.7 Å². The Hall–Kier alpha value is -2.56. The molecule has 0 atom stereocenters. The Morgan fingerprint density at radius 3 is 2.14 bits per heavy atom. The molecule has 4 nitrogen and oxygen atoms in total. The zero-order valence-electron chi connectivity index (χ0n) is 12.4. The van der Waals surface area contributed by atoms with Crippen LogP contribution in [0.2, 0.25) is 0 Å². The summed E-state index contributed by atoms with van der Waals surface area (Å²) in [7, 11) is 4.68. The average molecular weight is 286 g/mol. The average Bonchev–Trinajstić information content (AvgIpc) is 2.52. The van der Waals surface area contributed by atoms with Gasteiger partial charge in [0, 0.05) is 12.0 Å². The minimum absolute atomic E-state index is 0.0674. The molecular formula is C17H18O4. The molecule has 0 amide bonds. The summed E-state index contributed by atoms with van der Waals surface area (Å²) in [6.07, 6.45) is 3.75. The van der Waals surface area contributed by atoms with Gasteiger partial charge in [-0.2, -0.15) is 0 Å². The molecule has 0 unspecified atom stereocenters. The van der Waals surface area contributed by atoms with Gasteiger partial charge in [-0.3, -0.25) is 0 Å². The lowest BCUT2D eigenvalue weighted by molar-refractivity contribution is 0.305. The van der Waals surface area contributed by atoms with E-state index in [0.717, 1.165) is 5.56 Å². The van der Waals surface area contributed by atoms with Crippen LogP contribution in [0.15, 0.2) is 24.3 Å². The fourth-order valence-corrected chi connectivity index (χ4v) is 1.55. The van der Waals surface area contributed by atoms with Gasteiger partial charge >= 0.3 is 0 Å². The van der Waals surface area contributed by atoms with Gasteiger partial charge in [-0.25, -0.2) is 0 Å². The molecule has 0 aliphatic carbocycles. The Balaban J connectivity index is 2.93. The van der Waals surface area contributed by atoms with Crippen molar-refractivity contribution >= 4 is 0 Å². The molecule has 4 heteroatoms. The van der Waals surface area contributed by atoms with E-state index >= 15 is 0 Å². The molecule has 1 aromatic rings. The van der Waals surface area contributed by atoms with Crippen LogP contribution in [0.3, 0.4) is 0 Å². The Morgan fingerprint density at radius 2 is 1.62 bits per heavy atom. The lowest BCUT2D eigenvalue weighted by Crippen LogP contribution is -1.95. The van der Waals surface area contributed by atoms with Crippen molar-refractivity contribution in [3.63, 3.8) is 0 Å². The molecule has 1 rings (SSSR count). The fraction of sp³-hybridized carbons (Fsp3) is 0.294. The van der Waals surface area contributed by atoms with Crippen molar-refractivity contribution in [2.45, 2.75) is 6.42 Å². The van der Waals surface area contributed by atoms with Gasteiger partial charge < -0.3 is 19.3 Å². The van der Waals surface area contributed by atoms with Crippen molar-refractivity contribution in [3.05, 3.63) is 29.8 Å². The van der Waals surface area contributed by atoms with Crippen LogP contribution in [0.4, 0.5) is 0 Å². The van der Waals surface area contributed by atoms with Crippen LogP contribution in [0.1, 0.15) is 12.0 Å². The number of rotatable bonds is 4. The lowest BCUT2D eigenvalue weighted by atomic mass is 10.2. The van der Waals surface area contributed by atoms with E-state index in [-0.39, 0.29) is 6.61 Å². The van der Waals surface area contributed by atoms with Gasteiger partial charge in [0.15, 0.2) is 11.5 Å². The Bertz CT molecular complexity index is 584. The number of hydrogen-bond donors (Lipinski definition) is 1. The summed E-state index contributed by atoms with van der Waals surface area (Å²) < 4.78 is 15.8. The van der Waals surface area contributed by atoms with Crippen LogP contribution in [-0.2, 0) is 0 Å². The van der Waals surface area contributed by atoms with E-state index in [1.54, 1.807) is 45.6 Å². The number of methoxy groups -OCH3 is 3. The molecule has 0 saturated heterocycles. The van der Waals surface area contributed by atoms with Crippen LogP contribution in [0.5, 0.6) is 17.2 Å². The third kappa shape index (κ3) is 5.14. The van der Waals surface area contributed by atoms with E-state index < -0.39 is 0 Å². The molecular weight excluding hydrogens is 268 g/mol. The summed E-state index contributed by atoms with van der Waals surface area (Å²) in [5.41, 5.74) is 0.748. The molecule has 0 fully saturated rings. The first-order valence-corrected chi connectivity index (χ1v) is 6.32. The number of aliphatic hydroxyl groups excluding tert-OH is 1. The minimum atomic E-state index is 0.0674. The Kier molecular flexibility index (Phi) is 7.35. The normalized spacial score (nSPS) is 9.33. The standard InChI is InChI=1S/C17H18O4/c1-19-15-12-14(13-16(20-2)17(15)21-3)10-8-6-4-5-7-9-11-18/h4,6,12-13,18H,9,11H2,1-3H3/b6-4+. The predicted molar refractivity (Wildman–Crippen MR) is 81.6 cm³/mol. The zero-order valence-corrected chi connectivity index (χ0v) is 12.4. The van der Waals surface area contributed by atoms with E-state index in [4.69, 9.17) is 19.3 Å². The molecule has 0 radical (unpaired) electrons. The van der Waals surface area contributed by atoms with Crippen molar-refractivity contribution in [2.24, 2.45) is 0 Å². The molecule has 0 aliphatic heterocycles. The molecule has 21 heavy (non-hydrogen) atoms. The zero-order chi connectivity index (χ0) is 15.5. The van der Waals surface area contributed by atoms with Gasteiger partial charge in [-0.1, -0.05) is 23.7 Å². The van der Waals surface area contributed by atoms with E-state index in [1.807, 2.05) is 0 Å². The second-order valence-electron chi connectivity index (χ2n) is 3.81. The SMILES string of the molecule is COc1cc(C#C/C=C/C#CCCO)cc(OC)c1OC. The first-order chi connectivity index (χ1) is 10.3. The molecule has 0 heterocycles. The molecule has 0 aromatic heterocycles. The predicted octanol–water partition coefficient (Wildman–Crippen LogP) is 2.01. The van der Waals surface area contributed by atoms with Gasteiger partial charge in [0.25, 0.3) is 0 Å². The van der Waals surface area contributed by atoms with Crippen LogP contribution >= 0.6 is 0 Å². The van der Waals surface area contributed by atoms with E-state index in [1.165, 1.54) is 0 Å². The quantitative estimate of drug-likeness (QED) is 0.860. The molecule has 0 aliphatic rings. The van der Waals surface area contributed by atoms with E-state index in [0.29, 0.717) is 23.7 Å². The van der Waals surface area contributed by atoms with Crippen LogP contribution in [0.25, 0.3) is 0 Å². The largest absolute Gasteiger partial charge is 0.493 e. The number of hydrogen-bond acceptors (Lipinski definition) is 4. The van der Waals surface area contributed by atoms with E-state index in [9.17, 15) is 0 Å². The van der Waals surface area contributed by atoms with Gasteiger partial charge in [-0.15, -0.1) is 0 Å². The van der Waals surface area contributed by atoms with Crippen LogP contribution in [0, 0.1) is 23.7 Å². The monoisotopic (exact) mass is 286 g/mol. The molecule has 1 aromatic carbocycles. The maximum atomic E-state index is 8.57. The van der Waals surface area contributed by atoms with Crippen molar-refractivity contribution < 1.29 is 19.3 Å². The van der Waals surface area contributed by atoms with Gasteiger partial charge in [0.05, 0.1) is 27.9 Å². The topological polar surface area (TPSA) is 47.9 Å². The number of ether oxygens (including phenoxy) is 3. The van der Waals surface area contributed by atoms with Crippen molar-refractivity contribution in [2.75, 3.05) is 27.9 Å². The maximum Gasteiger partial charge on any atom is 0.203 e. The number of allylic oxidation sites excluding steroid dienone is 2. The Labute approximate surface area is 125 Å². The smallest absolute Gasteiger partial charge is 0.203 e. The maximum absolute atomic E-state index is 8.57. The van der Waals surface area contributed by atoms with Crippen molar-refractivity contribution in [1.82, 2.24) is 0 Å². The summed E-state index contributed by atoms with van der Waals surface area (Å²) in [5, 5.41) is 8.57.